The van der Waals surface area contributed by atoms with Crippen molar-refractivity contribution in [3.63, 3.8) is 0 Å². The first-order valence-electron chi connectivity index (χ1n) is 6.20. The predicted molar refractivity (Wildman–Crippen MR) is 67.9 cm³/mol. The number of aromatic nitrogens is 1. The van der Waals surface area contributed by atoms with Crippen molar-refractivity contribution in [2.45, 2.75) is 25.7 Å². The van der Waals surface area contributed by atoms with Crippen molar-refractivity contribution in [2.75, 3.05) is 13.1 Å². The Labute approximate surface area is 96.1 Å². The van der Waals surface area contributed by atoms with Gasteiger partial charge in [-0.1, -0.05) is 25.1 Å². The van der Waals surface area contributed by atoms with Gasteiger partial charge < -0.3 is 10.3 Å². The van der Waals surface area contributed by atoms with Crippen LogP contribution >= 0.6 is 0 Å². The molecule has 0 amide bonds. The first kappa shape index (κ1) is 9.91. The second-order valence-electron chi connectivity index (χ2n) is 4.62. The number of hydrogen-bond acceptors (Lipinski definition) is 1. The zero-order valence-electron chi connectivity index (χ0n) is 9.72. The molecule has 84 valence electrons. The SMILES string of the molecule is CCC1CNCCc2[nH]c3ccccc3c21. The Morgan fingerprint density at radius 2 is 2.19 bits per heavy atom. The molecule has 0 saturated carbocycles. The molecule has 2 nitrogen and oxygen atoms in total. The van der Waals surface area contributed by atoms with E-state index in [-0.39, 0.29) is 0 Å². The van der Waals surface area contributed by atoms with Crippen LogP contribution in [0, 0.1) is 0 Å². The Morgan fingerprint density at radius 1 is 1.31 bits per heavy atom. The quantitative estimate of drug-likeness (QED) is 0.750. The average molecular weight is 214 g/mol. The van der Waals surface area contributed by atoms with E-state index in [2.05, 4.69) is 41.5 Å². The lowest BCUT2D eigenvalue weighted by Gasteiger charge is -2.13. The lowest BCUT2D eigenvalue weighted by Crippen LogP contribution is -2.19. The number of nitrogens with one attached hydrogen (secondary N) is 2. The molecule has 1 aliphatic heterocycles. The minimum absolute atomic E-state index is 0.661. The molecule has 0 fully saturated rings. The minimum atomic E-state index is 0.661. The van der Waals surface area contributed by atoms with Crippen LogP contribution in [0.1, 0.15) is 30.5 Å². The van der Waals surface area contributed by atoms with Crippen molar-refractivity contribution in [3.8, 4) is 0 Å². The highest BCUT2D eigenvalue weighted by Gasteiger charge is 2.21. The summed E-state index contributed by atoms with van der Waals surface area (Å²) in [5.74, 6) is 0.661. The molecule has 1 aromatic heterocycles. The lowest BCUT2D eigenvalue weighted by atomic mass is 9.94. The van der Waals surface area contributed by atoms with Gasteiger partial charge in [-0.2, -0.15) is 0 Å². The summed E-state index contributed by atoms with van der Waals surface area (Å²) >= 11 is 0. The molecule has 1 atom stereocenters. The van der Waals surface area contributed by atoms with Gasteiger partial charge in [0, 0.05) is 36.1 Å². The van der Waals surface area contributed by atoms with Crippen molar-refractivity contribution < 1.29 is 0 Å². The zero-order valence-corrected chi connectivity index (χ0v) is 9.72. The van der Waals surface area contributed by atoms with E-state index in [1.807, 2.05) is 0 Å². The van der Waals surface area contributed by atoms with Crippen molar-refractivity contribution >= 4 is 10.9 Å². The van der Waals surface area contributed by atoms with Gasteiger partial charge in [-0.25, -0.2) is 0 Å². The number of H-pyrrole nitrogens is 1. The van der Waals surface area contributed by atoms with Crippen LogP contribution in [0.15, 0.2) is 24.3 Å². The fourth-order valence-corrected chi connectivity index (χ4v) is 2.82. The summed E-state index contributed by atoms with van der Waals surface area (Å²) in [6.07, 6.45) is 2.34. The van der Waals surface area contributed by atoms with Gasteiger partial charge in [-0.3, -0.25) is 0 Å². The van der Waals surface area contributed by atoms with E-state index < -0.39 is 0 Å². The molecule has 0 radical (unpaired) electrons. The van der Waals surface area contributed by atoms with Gasteiger partial charge in [0.1, 0.15) is 0 Å². The first-order chi connectivity index (χ1) is 7.90. The van der Waals surface area contributed by atoms with E-state index in [9.17, 15) is 0 Å². The van der Waals surface area contributed by atoms with Gasteiger partial charge in [-0.05, 0) is 24.0 Å². The highest BCUT2D eigenvalue weighted by molar-refractivity contribution is 5.85. The number of rotatable bonds is 1. The van der Waals surface area contributed by atoms with Crippen LogP contribution in [0.4, 0.5) is 0 Å². The molecule has 0 bridgehead atoms. The maximum Gasteiger partial charge on any atom is 0.0459 e. The summed E-state index contributed by atoms with van der Waals surface area (Å²) in [6, 6.07) is 8.68. The van der Waals surface area contributed by atoms with Crippen molar-refractivity contribution in [2.24, 2.45) is 0 Å². The molecule has 2 heteroatoms. The van der Waals surface area contributed by atoms with E-state index >= 15 is 0 Å². The standard InChI is InChI=1S/C14H18N2/c1-2-10-9-15-8-7-13-14(10)11-5-3-4-6-12(11)16-13/h3-6,10,15-16H,2,7-9H2,1H3. The molecular weight excluding hydrogens is 196 g/mol. The number of fused-ring (bicyclic) bond motifs is 3. The Balaban J connectivity index is 2.23. The summed E-state index contributed by atoms with van der Waals surface area (Å²) in [5.41, 5.74) is 4.30. The Kier molecular flexibility index (Phi) is 2.44. The fraction of sp³-hybridized carbons (Fsp3) is 0.429. The molecule has 2 heterocycles. The zero-order chi connectivity index (χ0) is 11.0. The van der Waals surface area contributed by atoms with Gasteiger partial charge in [0.2, 0.25) is 0 Å². The molecule has 1 aromatic carbocycles. The van der Waals surface area contributed by atoms with E-state index in [0.717, 1.165) is 19.5 Å². The molecule has 0 aliphatic carbocycles. The van der Waals surface area contributed by atoms with Crippen LogP contribution in [0.25, 0.3) is 10.9 Å². The summed E-state index contributed by atoms with van der Waals surface area (Å²) in [7, 11) is 0. The number of para-hydroxylation sites is 1. The van der Waals surface area contributed by atoms with Crippen molar-refractivity contribution in [3.05, 3.63) is 35.5 Å². The van der Waals surface area contributed by atoms with Crippen LogP contribution in [-0.4, -0.2) is 18.1 Å². The Morgan fingerprint density at radius 3 is 3.06 bits per heavy atom. The summed E-state index contributed by atoms with van der Waals surface area (Å²) < 4.78 is 0. The van der Waals surface area contributed by atoms with Crippen LogP contribution < -0.4 is 5.32 Å². The van der Waals surface area contributed by atoms with Crippen LogP contribution in [0.5, 0.6) is 0 Å². The summed E-state index contributed by atoms with van der Waals surface area (Å²) in [6.45, 7) is 4.49. The van der Waals surface area contributed by atoms with E-state index in [0.29, 0.717) is 5.92 Å². The molecule has 0 spiro atoms. The molecule has 2 N–H and O–H groups in total. The monoisotopic (exact) mass is 214 g/mol. The molecule has 1 unspecified atom stereocenters. The Hall–Kier alpha value is -1.28. The molecule has 2 aromatic rings. The lowest BCUT2D eigenvalue weighted by molar-refractivity contribution is 0.597. The number of aromatic amines is 1. The molecular formula is C14H18N2. The van der Waals surface area contributed by atoms with Crippen LogP contribution in [0.3, 0.4) is 0 Å². The highest BCUT2D eigenvalue weighted by Crippen LogP contribution is 2.32. The molecule has 1 aliphatic rings. The smallest absolute Gasteiger partial charge is 0.0459 e. The second kappa shape index (κ2) is 3.95. The predicted octanol–water partition coefficient (Wildman–Crippen LogP) is 2.81. The van der Waals surface area contributed by atoms with Crippen molar-refractivity contribution in [1.29, 1.82) is 0 Å². The molecule has 3 rings (SSSR count). The number of benzene rings is 1. The summed E-state index contributed by atoms with van der Waals surface area (Å²) in [5, 5.41) is 4.95. The van der Waals surface area contributed by atoms with E-state index in [1.165, 1.54) is 23.0 Å². The third-order valence-electron chi connectivity index (χ3n) is 3.67. The van der Waals surface area contributed by atoms with Gasteiger partial charge in [0.15, 0.2) is 0 Å². The minimum Gasteiger partial charge on any atom is -0.358 e. The third kappa shape index (κ3) is 1.45. The van der Waals surface area contributed by atoms with E-state index in [4.69, 9.17) is 0 Å². The van der Waals surface area contributed by atoms with Gasteiger partial charge in [0.25, 0.3) is 0 Å². The average Bonchev–Trinajstić information content (AvgIpc) is 2.56. The maximum absolute atomic E-state index is 3.58. The topological polar surface area (TPSA) is 27.8 Å². The van der Waals surface area contributed by atoms with Crippen LogP contribution in [-0.2, 0) is 6.42 Å². The highest BCUT2D eigenvalue weighted by atomic mass is 14.9. The Bertz CT molecular complexity index is 498. The maximum atomic E-state index is 3.58. The largest absolute Gasteiger partial charge is 0.358 e. The van der Waals surface area contributed by atoms with Crippen LogP contribution in [0.2, 0.25) is 0 Å². The first-order valence-corrected chi connectivity index (χ1v) is 6.20. The summed E-state index contributed by atoms with van der Waals surface area (Å²) in [4.78, 5) is 3.58. The second-order valence-corrected chi connectivity index (χ2v) is 4.62. The molecule has 16 heavy (non-hydrogen) atoms. The van der Waals surface area contributed by atoms with E-state index in [1.54, 1.807) is 5.56 Å². The van der Waals surface area contributed by atoms with Gasteiger partial charge in [0.05, 0.1) is 0 Å². The fourth-order valence-electron chi connectivity index (χ4n) is 2.82. The van der Waals surface area contributed by atoms with Crippen molar-refractivity contribution in [1.82, 2.24) is 10.3 Å². The normalized spacial score (nSPS) is 20.7. The number of hydrogen-bond donors (Lipinski definition) is 2. The van der Waals surface area contributed by atoms with Gasteiger partial charge >= 0.3 is 0 Å². The molecule has 0 saturated heterocycles. The van der Waals surface area contributed by atoms with Gasteiger partial charge in [-0.15, -0.1) is 0 Å². The third-order valence-corrected chi connectivity index (χ3v) is 3.67.